The summed E-state index contributed by atoms with van der Waals surface area (Å²) in [4.78, 5) is 10.1. The van der Waals surface area contributed by atoms with E-state index in [1.165, 1.54) is 113 Å². The summed E-state index contributed by atoms with van der Waals surface area (Å²) in [5, 5.41) is 84.7. The molecule has 742 valence electrons. The van der Waals surface area contributed by atoms with Crippen molar-refractivity contribution in [2.24, 2.45) is 22.7 Å². The number of likely N-dealkylation sites (tertiary alicyclic amines) is 3. The van der Waals surface area contributed by atoms with E-state index in [0.717, 1.165) is 215 Å². The Bertz CT molecular complexity index is 5590. The van der Waals surface area contributed by atoms with Crippen LogP contribution in [0.5, 0.6) is 46.0 Å². The molecule has 2 saturated carbocycles. The zero-order valence-electron chi connectivity index (χ0n) is 82.5. The first-order chi connectivity index (χ1) is 69.8. The van der Waals surface area contributed by atoms with E-state index < -0.39 is 0 Å². The van der Waals surface area contributed by atoms with Crippen LogP contribution in [0.15, 0.2) is 315 Å². The minimum absolute atomic E-state index is 0.138. The van der Waals surface area contributed by atoms with Gasteiger partial charge in [0.1, 0.15) is 72.4 Å². The van der Waals surface area contributed by atoms with Gasteiger partial charge < -0.3 is 70.4 Å². The molecule has 0 aromatic heterocycles. The fourth-order valence-electron chi connectivity index (χ4n) is 21.6. The molecule has 12 aromatic rings. The number of aliphatic hydroxyl groups excluding tert-OH is 4. The van der Waals surface area contributed by atoms with Gasteiger partial charge in [-0.1, -0.05) is 231 Å². The number of hydrogen-bond donors (Lipinski definition) is 10. The molecule has 3 atom stereocenters. The Morgan fingerprint density at radius 2 is 0.535 bits per heavy atom. The molecule has 18 heteroatoms. The maximum absolute atomic E-state index is 9.89. The SMILES string of the molecule is OCCC/C(=C(\c1ccc(O)cc1)c1ccc(OCCN2CC3CC3C2)cc1)c1ccccc1.OCCC/C(=C(\c1ccc(O)cc1)c1ccc(OCCN2CCC3(CCCC3)C2)cc1)c1ccccc1.OCCC/C(=C(\c1ccc(O)cc1)c1ccc(OCCN2CCC3(CCNC3)C2)cc1)c1ccccc1.OCCC/C(=C(\c1ccc(O)cc1)c1ccc(OCCN2CCNCC2)cc1)c1ccccc1. The largest absolute Gasteiger partial charge is 0.508 e. The number of aliphatic hydroxyl groups is 4. The number of allylic oxidation sites excluding steroid dienone is 4. The fraction of sp³-hybridized carbons (Fsp3) is 0.355. The molecule has 3 unspecified atom stereocenters. The van der Waals surface area contributed by atoms with Gasteiger partial charge >= 0.3 is 0 Å². The van der Waals surface area contributed by atoms with Gasteiger partial charge in [-0.15, -0.1) is 0 Å². The van der Waals surface area contributed by atoms with Crippen LogP contribution in [0.4, 0.5) is 0 Å². The summed E-state index contributed by atoms with van der Waals surface area (Å²) in [6.45, 7) is 21.0. The molecule has 0 radical (unpaired) electrons. The average Bonchev–Trinajstić information content (AvgIpc) is 1.55. The van der Waals surface area contributed by atoms with Gasteiger partial charge in [0.05, 0.1) is 0 Å². The van der Waals surface area contributed by atoms with Gasteiger partial charge in [0.25, 0.3) is 0 Å². The number of piperidine rings is 1. The quantitative estimate of drug-likeness (QED) is 0.0161. The molecule has 5 aliphatic heterocycles. The summed E-state index contributed by atoms with van der Waals surface area (Å²) in [5.41, 5.74) is 23.3. The number of fused-ring (bicyclic) bond motifs is 1. The molecule has 7 fully saturated rings. The molecule has 0 bridgehead atoms. The van der Waals surface area contributed by atoms with Gasteiger partial charge in [0, 0.05) is 112 Å². The van der Waals surface area contributed by atoms with Crippen molar-refractivity contribution >= 4 is 44.6 Å². The Kier molecular flexibility index (Phi) is 37.9. The van der Waals surface area contributed by atoms with Gasteiger partial charge in [-0.2, -0.15) is 0 Å². The van der Waals surface area contributed by atoms with E-state index >= 15 is 0 Å². The molecule has 5 heterocycles. The lowest BCUT2D eigenvalue weighted by Crippen LogP contribution is -2.44. The Balaban J connectivity index is 0.000000136. The average molecular weight is 1910 g/mol. The number of hydrogen-bond acceptors (Lipinski definition) is 18. The second-order valence-corrected chi connectivity index (χ2v) is 39.2. The number of benzene rings is 12. The van der Waals surface area contributed by atoms with Gasteiger partial charge in [-0.25, -0.2) is 0 Å². The zero-order chi connectivity index (χ0) is 97.9. The number of nitrogens with zero attached hydrogens (tertiary/aromatic N) is 4. The Morgan fingerprint density at radius 1 is 0.268 bits per heavy atom. The Morgan fingerprint density at radius 3 is 0.817 bits per heavy atom. The third-order valence-electron chi connectivity index (χ3n) is 29.2. The lowest BCUT2D eigenvalue weighted by Gasteiger charge is -2.26. The monoisotopic (exact) mass is 1910 g/mol. The van der Waals surface area contributed by atoms with Crippen molar-refractivity contribution in [2.75, 3.05) is 158 Å². The van der Waals surface area contributed by atoms with E-state index in [1.807, 2.05) is 133 Å². The molecule has 19 rings (SSSR count). The lowest BCUT2D eigenvalue weighted by molar-refractivity contribution is 0.191. The van der Waals surface area contributed by atoms with Crippen molar-refractivity contribution < 1.29 is 59.8 Å². The number of nitrogens with one attached hydrogen (secondary N) is 2. The number of ether oxygens (including phenoxy) is 4. The third-order valence-corrected chi connectivity index (χ3v) is 29.2. The number of phenols is 4. The highest BCUT2D eigenvalue weighted by molar-refractivity contribution is 6.02. The molecule has 142 heavy (non-hydrogen) atoms. The summed E-state index contributed by atoms with van der Waals surface area (Å²) in [5.74, 6) is 6.41. The summed E-state index contributed by atoms with van der Waals surface area (Å²) < 4.78 is 24.4. The highest BCUT2D eigenvalue weighted by Gasteiger charge is 2.45. The van der Waals surface area contributed by atoms with Crippen molar-refractivity contribution in [2.45, 2.75) is 103 Å². The van der Waals surface area contributed by atoms with E-state index in [2.05, 4.69) is 164 Å². The van der Waals surface area contributed by atoms with Gasteiger partial charge in [0.2, 0.25) is 0 Å². The number of piperazine rings is 1. The number of phenolic OH excluding ortho intramolecular Hbond substituents is 4. The van der Waals surface area contributed by atoms with Crippen LogP contribution >= 0.6 is 0 Å². The molecular formula is C124H144N6O12. The first kappa shape index (κ1) is 103. The van der Waals surface area contributed by atoms with Crippen LogP contribution in [0.1, 0.15) is 169 Å². The minimum atomic E-state index is 0.138. The standard InChI is InChI=1S/C33H39NO3.C32H38N2O3.C30H33NO3.C29H34N2O3/c35-23-6-9-31(26-7-2-1-3-8-26)32(27-10-14-29(36)15-11-27)28-12-16-30(17-13-28)37-24-22-34-21-20-33(25-34)18-4-5-19-33;35-21-4-7-30(25-5-2-1-3-6-25)31(26-8-12-28(36)13-9-26)27-10-14-29(15-11-27)37-22-20-34-19-17-32(24-34)16-18-33-23-32;32-17-4-7-29(22-5-2-1-3-6-22)30(23-8-12-27(33)13-9-23)24-10-14-28(15-11-24)34-18-16-31-20-25-19-26(25)21-31;32-21-4-7-28(23-5-2-1-3-6-23)29(24-8-12-26(33)13-9-24)25-10-14-27(15-11-25)34-22-20-31-18-16-30-17-19-31/h1-3,7-8,10-17,35-36H,4-6,9,18-25H2;1-3,5-6,8-15,33,35-36H,4,7,16-24H2;1-3,5-6,8-15,25-26,32-33H,4,7,16-21H2;1-3,5-6,8-15,30,32-33H,4,7,16-22H2/b32-31-;31-30-;30-29-;29-28-. The first-order valence-electron chi connectivity index (χ1n) is 51.8. The van der Waals surface area contributed by atoms with Crippen LogP contribution in [0.3, 0.4) is 0 Å². The van der Waals surface area contributed by atoms with Crippen LogP contribution in [0.2, 0.25) is 0 Å². The minimum Gasteiger partial charge on any atom is -0.508 e. The van der Waals surface area contributed by atoms with Gasteiger partial charge in [-0.3, -0.25) is 19.6 Å². The number of rotatable bonds is 40. The Labute approximate surface area is 840 Å². The van der Waals surface area contributed by atoms with Crippen molar-refractivity contribution in [1.29, 1.82) is 0 Å². The highest BCUT2D eigenvalue weighted by atomic mass is 16.5. The molecule has 7 aliphatic rings. The maximum atomic E-state index is 9.89. The normalized spacial score (nSPS) is 18.3. The molecule has 10 N–H and O–H groups in total. The van der Waals surface area contributed by atoms with Crippen LogP contribution in [0.25, 0.3) is 44.6 Å². The maximum Gasteiger partial charge on any atom is 0.119 e. The molecule has 0 amide bonds. The zero-order valence-corrected chi connectivity index (χ0v) is 82.5. The fourth-order valence-corrected chi connectivity index (χ4v) is 21.6. The molecule has 12 aromatic carbocycles. The first-order valence-corrected chi connectivity index (χ1v) is 51.8. The third kappa shape index (κ3) is 29.0. The van der Waals surface area contributed by atoms with E-state index in [-0.39, 0.29) is 49.4 Å². The summed E-state index contributed by atoms with van der Waals surface area (Å²) in [6, 6.07) is 104. The smallest absolute Gasteiger partial charge is 0.119 e. The van der Waals surface area contributed by atoms with Gasteiger partial charge in [0.15, 0.2) is 0 Å². The van der Waals surface area contributed by atoms with Crippen LogP contribution in [-0.4, -0.2) is 218 Å². The summed E-state index contributed by atoms with van der Waals surface area (Å²) in [7, 11) is 0. The molecule has 18 nitrogen and oxygen atoms in total. The summed E-state index contributed by atoms with van der Waals surface area (Å²) in [6.07, 6.45) is 16.8. The van der Waals surface area contributed by atoms with E-state index in [1.54, 1.807) is 48.5 Å². The molecule has 2 aliphatic carbocycles. The second kappa shape index (κ2) is 52.6. The van der Waals surface area contributed by atoms with Crippen molar-refractivity contribution in [3.63, 3.8) is 0 Å². The van der Waals surface area contributed by atoms with E-state index in [0.29, 0.717) is 62.9 Å². The lowest BCUT2D eigenvalue weighted by atomic mass is 9.86. The van der Waals surface area contributed by atoms with Crippen molar-refractivity contribution in [1.82, 2.24) is 30.2 Å². The predicted octanol–water partition coefficient (Wildman–Crippen LogP) is 21.8. The summed E-state index contributed by atoms with van der Waals surface area (Å²) >= 11 is 0. The molecule has 2 spiro atoms. The van der Waals surface area contributed by atoms with Crippen molar-refractivity contribution in [3.8, 4) is 46.0 Å². The van der Waals surface area contributed by atoms with E-state index in [9.17, 15) is 40.9 Å². The van der Waals surface area contributed by atoms with Crippen LogP contribution in [0, 0.1) is 22.7 Å². The van der Waals surface area contributed by atoms with Crippen LogP contribution in [-0.2, 0) is 0 Å². The Hall–Kier alpha value is -12.4. The molecule has 5 saturated heterocycles. The topological polar surface area (TPSA) is 236 Å². The predicted molar refractivity (Wildman–Crippen MR) is 575 cm³/mol. The van der Waals surface area contributed by atoms with Crippen molar-refractivity contribution in [3.05, 3.63) is 382 Å². The van der Waals surface area contributed by atoms with Crippen LogP contribution < -0.4 is 29.6 Å². The van der Waals surface area contributed by atoms with E-state index in [4.69, 9.17) is 18.9 Å². The number of aromatic hydroxyl groups is 4. The second-order valence-electron chi connectivity index (χ2n) is 39.2. The van der Waals surface area contributed by atoms with Gasteiger partial charge in [-0.05, 0) is 341 Å². The molecular weight excluding hydrogens is 1770 g/mol. The highest BCUT2D eigenvalue weighted by Crippen LogP contribution is 2.48.